The highest BCUT2D eigenvalue weighted by molar-refractivity contribution is 6.13. The van der Waals surface area contributed by atoms with Crippen LogP contribution in [0.4, 0.5) is 11.4 Å². The van der Waals surface area contributed by atoms with Crippen LogP contribution in [0, 0.1) is 0 Å². The molecule has 0 saturated carbocycles. The zero-order valence-electron chi connectivity index (χ0n) is 35.6. The first-order valence-corrected chi connectivity index (χ1v) is 22.5. The van der Waals surface area contributed by atoms with E-state index in [4.69, 9.17) is 4.74 Å². The molecule has 2 aliphatic rings. The van der Waals surface area contributed by atoms with E-state index in [1.165, 1.54) is 83.2 Å². The molecular formula is C62H42N2O. The molecule has 0 amide bonds. The van der Waals surface area contributed by atoms with E-state index >= 15 is 0 Å². The number of rotatable bonds is 7. The van der Waals surface area contributed by atoms with Crippen molar-refractivity contribution in [2.45, 2.75) is 12.1 Å². The predicted molar refractivity (Wildman–Crippen MR) is 269 cm³/mol. The van der Waals surface area contributed by atoms with Gasteiger partial charge >= 0.3 is 0 Å². The number of anilines is 2. The van der Waals surface area contributed by atoms with Crippen molar-refractivity contribution in [1.82, 2.24) is 4.57 Å². The van der Waals surface area contributed by atoms with Gasteiger partial charge in [-0.2, -0.15) is 0 Å². The molecule has 306 valence electrons. The average Bonchev–Trinajstić information content (AvgIpc) is 4.03. The molecule has 1 aromatic heterocycles. The summed E-state index contributed by atoms with van der Waals surface area (Å²) >= 11 is 0. The van der Waals surface area contributed by atoms with Crippen LogP contribution < -0.4 is 9.64 Å². The van der Waals surface area contributed by atoms with Crippen LogP contribution in [0.2, 0.25) is 0 Å². The Bertz CT molecular complexity index is 3450. The van der Waals surface area contributed by atoms with Crippen LogP contribution in [0.25, 0.3) is 83.1 Å². The van der Waals surface area contributed by atoms with Crippen LogP contribution in [0.15, 0.2) is 243 Å². The van der Waals surface area contributed by atoms with Crippen molar-refractivity contribution in [3.63, 3.8) is 0 Å². The molecule has 13 rings (SSSR count). The number of benzene rings is 10. The van der Waals surface area contributed by atoms with Crippen molar-refractivity contribution in [2.75, 3.05) is 4.90 Å². The second-order valence-corrected chi connectivity index (χ2v) is 17.1. The molecule has 0 radical (unpaired) electrons. The highest BCUT2D eigenvalue weighted by Gasteiger charge is 2.48. The second-order valence-electron chi connectivity index (χ2n) is 17.1. The summed E-state index contributed by atoms with van der Waals surface area (Å²) in [6, 6.07) is 88.2. The van der Waals surface area contributed by atoms with Crippen LogP contribution in [0.1, 0.15) is 23.3 Å². The third-order valence-electron chi connectivity index (χ3n) is 13.6. The van der Waals surface area contributed by atoms with Gasteiger partial charge in [0.05, 0.1) is 22.4 Å². The lowest BCUT2D eigenvalue weighted by Crippen LogP contribution is -2.21. The summed E-state index contributed by atoms with van der Waals surface area (Å²) in [7, 11) is 0. The Balaban J connectivity index is 1.04. The molecular weight excluding hydrogens is 789 g/mol. The predicted octanol–water partition coefficient (Wildman–Crippen LogP) is 16.4. The molecule has 0 aliphatic carbocycles. The lowest BCUT2D eigenvalue weighted by Gasteiger charge is -2.29. The molecule has 2 atom stereocenters. The molecule has 0 spiro atoms. The van der Waals surface area contributed by atoms with E-state index in [1.807, 2.05) is 0 Å². The van der Waals surface area contributed by atoms with E-state index in [2.05, 4.69) is 252 Å². The molecule has 10 aromatic carbocycles. The van der Waals surface area contributed by atoms with Crippen molar-refractivity contribution in [3.05, 3.63) is 254 Å². The minimum Gasteiger partial charge on any atom is -0.483 e. The summed E-state index contributed by atoms with van der Waals surface area (Å²) in [4.78, 5) is 2.54. The number of aromatic nitrogens is 1. The summed E-state index contributed by atoms with van der Waals surface area (Å²) in [6.07, 6.45) is -0.156. The average molecular weight is 831 g/mol. The molecule has 3 heteroatoms. The van der Waals surface area contributed by atoms with Gasteiger partial charge in [-0.1, -0.05) is 188 Å². The molecule has 3 nitrogen and oxygen atoms in total. The number of hydrogen-bond donors (Lipinski definition) is 0. The lowest BCUT2D eigenvalue weighted by atomic mass is 9.92. The largest absolute Gasteiger partial charge is 0.483 e. The first kappa shape index (κ1) is 37.2. The van der Waals surface area contributed by atoms with Gasteiger partial charge in [0.2, 0.25) is 0 Å². The van der Waals surface area contributed by atoms with E-state index in [1.54, 1.807) is 0 Å². The zero-order valence-corrected chi connectivity index (χ0v) is 35.6. The summed E-state index contributed by atoms with van der Waals surface area (Å²) < 4.78 is 9.41. The molecule has 0 N–H and O–H groups in total. The van der Waals surface area contributed by atoms with Crippen LogP contribution >= 0.6 is 0 Å². The third-order valence-corrected chi connectivity index (χ3v) is 13.6. The fraction of sp³-hybridized carbons (Fsp3) is 0.0323. The van der Waals surface area contributed by atoms with Gasteiger partial charge in [0.15, 0.2) is 6.10 Å². The van der Waals surface area contributed by atoms with Gasteiger partial charge in [-0.3, -0.25) is 0 Å². The maximum Gasteiger partial charge on any atom is 0.151 e. The van der Waals surface area contributed by atoms with Gasteiger partial charge in [0.1, 0.15) is 11.8 Å². The second kappa shape index (κ2) is 15.1. The number of nitrogens with zero attached hydrogens (tertiary/aromatic N) is 2. The summed E-state index contributed by atoms with van der Waals surface area (Å²) in [5.74, 6) is 0.948. The van der Waals surface area contributed by atoms with Crippen LogP contribution in [0.3, 0.4) is 0 Å². The molecule has 11 aromatic rings. The monoisotopic (exact) mass is 830 g/mol. The maximum absolute atomic E-state index is 6.92. The van der Waals surface area contributed by atoms with Crippen molar-refractivity contribution < 1.29 is 4.74 Å². The van der Waals surface area contributed by atoms with Crippen molar-refractivity contribution >= 4 is 33.2 Å². The Morgan fingerprint density at radius 2 is 0.769 bits per heavy atom. The molecule has 2 unspecified atom stereocenters. The van der Waals surface area contributed by atoms with E-state index < -0.39 is 0 Å². The fourth-order valence-electron chi connectivity index (χ4n) is 10.6. The smallest absolute Gasteiger partial charge is 0.151 e. The number of hydrogen-bond acceptors (Lipinski definition) is 2. The SMILES string of the molecule is c1ccc(-c2ccc3c(c2)C2Oc4ccccc4C2N3c2ccccc2-n2c3ccc(-c4ccccc4-c4ccccc4)cc3c3cc(-c4ccccc4-c4ccccc4)ccc32)cc1. The molecule has 65 heavy (non-hydrogen) atoms. The molecule has 0 fully saturated rings. The molecule has 3 heterocycles. The number of para-hydroxylation sites is 3. The summed E-state index contributed by atoms with van der Waals surface area (Å²) in [5, 5.41) is 2.41. The lowest BCUT2D eigenvalue weighted by molar-refractivity contribution is 0.223. The quantitative estimate of drug-likeness (QED) is 0.159. The van der Waals surface area contributed by atoms with Gasteiger partial charge in [0, 0.05) is 27.6 Å². The van der Waals surface area contributed by atoms with Gasteiger partial charge in [-0.15, -0.1) is 0 Å². The normalized spacial score (nSPS) is 14.9. The van der Waals surface area contributed by atoms with Crippen LogP contribution in [-0.4, -0.2) is 4.57 Å². The van der Waals surface area contributed by atoms with E-state index in [-0.39, 0.29) is 12.1 Å². The first-order valence-electron chi connectivity index (χ1n) is 22.5. The highest BCUT2D eigenvalue weighted by Crippen LogP contribution is 2.60. The first-order chi connectivity index (χ1) is 32.3. The van der Waals surface area contributed by atoms with Gasteiger partial charge < -0.3 is 14.2 Å². The fourth-order valence-corrected chi connectivity index (χ4v) is 10.6. The Labute approximate surface area is 378 Å². The van der Waals surface area contributed by atoms with E-state index in [0.29, 0.717) is 0 Å². The topological polar surface area (TPSA) is 17.4 Å². The molecule has 0 bridgehead atoms. The Kier molecular flexibility index (Phi) is 8.67. The van der Waals surface area contributed by atoms with Crippen molar-refractivity contribution in [2.24, 2.45) is 0 Å². The van der Waals surface area contributed by atoms with Gasteiger partial charge in [-0.25, -0.2) is 0 Å². The van der Waals surface area contributed by atoms with E-state index in [9.17, 15) is 0 Å². The summed E-state index contributed by atoms with van der Waals surface area (Å²) in [5.41, 5.74) is 20.2. The minimum absolute atomic E-state index is 0.0383. The minimum atomic E-state index is -0.156. The van der Waals surface area contributed by atoms with Gasteiger partial charge in [0.25, 0.3) is 0 Å². The van der Waals surface area contributed by atoms with E-state index in [0.717, 1.165) is 28.2 Å². The zero-order chi connectivity index (χ0) is 42.8. The molecule has 0 saturated heterocycles. The third kappa shape index (κ3) is 6.04. The maximum atomic E-state index is 6.92. The van der Waals surface area contributed by atoms with Crippen molar-refractivity contribution in [1.29, 1.82) is 0 Å². The van der Waals surface area contributed by atoms with Crippen molar-refractivity contribution in [3.8, 4) is 67.1 Å². The Hall–Kier alpha value is -8.40. The summed E-state index contributed by atoms with van der Waals surface area (Å²) in [6.45, 7) is 0. The number of ether oxygens (including phenoxy) is 1. The Morgan fingerprint density at radius 3 is 1.35 bits per heavy atom. The Morgan fingerprint density at radius 1 is 0.308 bits per heavy atom. The van der Waals surface area contributed by atoms with Gasteiger partial charge in [-0.05, 0) is 110 Å². The van der Waals surface area contributed by atoms with Crippen LogP contribution in [0.5, 0.6) is 5.75 Å². The number of fused-ring (bicyclic) bond motifs is 8. The molecule has 2 aliphatic heterocycles. The van der Waals surface area contributed by atoms with Crippen LogP contribution in [-0.2, 0) is 0 Å². The highest BCUT2D eigenvalue weighted by atomic mass is 16.5. The standard InChI is InChI=1S/C62H42N2O/c1-4-18-41(19-5-1)44-32-35-57-54(38-44)62-61(51-28-14-17-31-60(51)65-62)64(57)59-30-16-15-29-58(59)63-55-36-33-45(49-26-12-10-24-47(49)42-20-6-2-7-21-42)39-52(55)53-40-46(34-37-56(53)63)50-27-13-11-25-48(50)43-22-8-3-9-23-43/h1-40,61-62H.